The Balaban J connectivity index is 1.59. The number of rotatable bonds is 4. The van der Waals surface area contributed by atoms with E-state index in [0.29, 0.717) is 12.1 Å². The molecule has 3 heterocycles. The van der Waals surface area contributed by atoms with Crippen LogP contribution in [0.15, 0.2) is 30.3 Å². The first-order valence-corrected chi connectivity index (χ1v) is 10.8. The Hall–Kier alpha value is -2.42. The summed E-state index contributed by atoms with van der Waals surface area (Å²) in [5, 5.41) is 20.4. The maximum absolute atomic E-state index is 13.3. The van der Waals surface area contributed by atoms with Crippen molar-refractivity contribution in [2.45, 2.75) is 71.6 Å². The smallest absolute Gasteiger partial charge is 0.178 e. The second-order valence-corrected chi connectivity index (χ2v) is 10.00. The van der Waals surface area contributed by atoms with E-state index in [0.717, 1.165) is 41.9 Å². The van der Waals surface area contributed by atoms with E-state index >= 15 is 0 Å². The van der Waals surface area contributed by atoms with E-state index in [4.69, 9.17) is 5.26 Å². The van der Waals surface area contributed by atoms with Crippen LogP contribution in [0.3, 0.4) is 0 Å². The highest BCUT2D eigenvalue weighted by molar-refractivity contribution is 5.99. The quantitative estimate of drug-likeness (QED) is 0.776. The third-order valence-corrected chi connectivity index (χ3v) is 7.35. The van der Waals surface area contributed by atoms with Gasteiger partial charge in [-0.2, -0.15) is 5.26 Å². The maximum Gasteiger partial charge on any atom is 0.178 e. The number of aryl methyl sites for hydroxylation is 1. The number of carbonyl (C=O) groups is 1. The van der Waals surface area contributed by atoms with Crippen LogP contribution in [0.4, 0.5) is 0 Å². The summed E-state index contributed by atoms with van der Waals surface area (Å²) in [7, 11) is 0. The van der Waals surface area contributed by atoms with Gasteiger partial charge < -0.3 is 9.67 Å². The summed E-state index contributed by atoms with van der Waals surface area (Å²) < 4.78 is 2.07. The number of Topliss-reactive ketones (excluding diaryl/α,β-unsaturated/α-hetero) is 1. The SMILES string of the molecule is Cc1cc(C(=O)CN2C3CCC2[C@](O)(C(C)(C)C)C3)c(C)n1-c1ccc(C#N)cc1. The number of hydrogen-bond donors (Lipinski definition) is 1. The van der Waals surface area contributed by atoms with Crippen LogP contribution in [-0.2, 0) is 0 Å². The first-order valence-electron chi connectivity index (χ1n) is 10.8. The molecule has 2 unspecified atom stereocenters. The zero-order valence-electron chi connectivity index (χ0n) is 18.6. The molecule has 0 radical (unpaired) electrons. The zero-order valence-corrected chi connectivity index (χ0v) is 18.6. The summed E-state index contributed by atoms with van der Waals surface area (Å²) in [6, 6.07) is 11.9. The number of carbonyl (C=O) groups excluding carboxylic acids is 1. The third-order valence-electron chi connectivity index (χ3n) is 7.35. The minimum atomic E-state index is -0.740. The molecule has 0 aliphatic carbocycles. The van der Waals surface area contributed by atoms with Crippen LogP contribution >= 0.6 is 0 Å². The number of hydrogen-bond acceptors (Lipinski definition) is 4. The van der Waals surface area contributed by atoms with Gasteiger partial charge in [0.05, 0.1) is 23.8 Å². The van der Waals surface area contributed by atoms with Gasteiger partial charge in [-0.3, -0.25) is 9.69 Å². The van der Waals surface area contributed by atoms with Crippen LogP contribution in [0.5, 0.6) is 0 Å². The number of aromatic nitrogens is 1. The Morgan fingerprint density at radius 2 is 1.90 bits per heavy atom. The van der Waals surface area contributed by atoms with Crippen molar-refractivity contribution < 1.29 is 9.90 Å². The highest BCUT2D eigenvalue weighted by Crippen LogP contribution is 2.51. The first kappa shape index (κ1) is 20.8. The summed E-state index contributed by atoms with van der Waals surface area (Å²) in [6.45, 7) is 10.6. The minimum absolute atomic E-state index is 0.0495. The average Bonchev–Trinajstić information content (AvgIpc) is 3.30. The molecule has 0 saturated carbocycles. The number of ketones is 1. The summed E-state index contributed by atoms with van der Waals surface area (Å²) in [4.78, 5) is 15.6. The van der Waals surface area contributed by atoms with Crippen LogP contribution in [0.1, 0.15) is 67.3 Å². The molecule has 1 aromatic heterocycles. The van der Waals surface area contributed by atoms with Gasteiger partial charge in [-0.05, 0) is 68.9 Å². The van der Waals surface area contributed by atoms with Gasteiger partial charge in [-0.1, -0.05) is 20.8 Å². The third kappa shape index (κ3) is 3.10. The molecule has 0 amide bonds. The van der Waals surface area contributed by atoms with Crippen molar-refractivity contribution in [3.8, 4) is 11.8 Å². The number of benzene rings is 1. The monoisotopic (exact) mass is 405 g/mol. The van der Waals surface area contributed by atoms with Crippen molar-refractivity contribution in [3.63, 3.8) is 0 Å². The zero-order chi connectivity index (χ0) is 21.8. The molecule has 4 rings (SSSR count). The van der Waals surface area contributed by atoms with Gasteiger partial charge >= 0.3 is 0 Å². The Labute approximate surface area is 178 Å². The van der Waals surface area contributed by atoms with E-state index in [9.17, 15) is 9.90 Å². The van der Waals surface area contributed by atoms with Crippen molar-refractivity contribution in [2.75, 3.05) is 6.54 Å². The second kappa shape index (κ2) is 7.08. The number of fused-ring (bicyclic) bond motifs is 2. The molecule has 5 heteroatoms. The van der Waals surface area contributed by atoms with Gasteiger partial charge in [0.15, 0.2) is 5.78 Å². The highest BCUT2D eigenvalue weighted by atomic mass is 16.3. The molecule has 1 N–H and O–H groups in total. The molecule has 2 aromatic rings. The molecule has 2 fully saturated rings. The fraction of sp³-hybridized carbons (Fsp3) is 0.520. The van der Waals surface area contributed by atoms with Crippen molar-refractivity contribution in [1.82, 2.24) is 9.47 Å². The predicted molar refractivity (Wildman–Crippen MR) is 117 cm³/mol. The summed E-state index contributed by atoms with van der Waals surface area (Å²) in [6.07, 6.45) is 2.76. The molecule has 158 valence electrons. The molecule has 2 saturated heterocycles. The van der Waals surface area contributed by atoms with E-state index in [1.165, 1.54) is 0 Å². The maximum atomic E-state index is 13.3. The lowest BCUT2D eigenvalue weighted by Gasteiger charge is -2.43. The van der Waals surface area contributed by atoms with E-state index < -0.39 is 5.60 Å². The molecule has 0 spiro atoms. The first-order chi connectivity index (χ1) is 14.1. The summed E-state index contributed by atoms with van der Waals surface area (Å²) >= 11 is 0. The van der Waals surface area contributed by atoms with Gasteiger partial charge in [0.25, 0.3) is 0 Å². The Morgan fingerprint density at radius 1 is 1.23 bits per heavy atom. The predicted octanol–water partition coefficient (Wildman–Crippen LogP) is 4.16. The molecule has 2 aliphatic heterocycles. The minimum Gasteiger partial charge on any atom is -0.388 e. The fourth-order valence-electron chi connectivity index (χ4n) is 5.59. The fourth-order valence-corrected chi connectivity index (χ4v) is 5.59. The molecule has 2 aliphatic rings. The summed E-state index contributed by atoms with van der Waals surface area (Å²) in [5.74, 6) is 0.109. The van der Waals surface area contributed by atoms with Crippen LogP contribution < -0.4 is 0 Å². The Bertz CT molecular complexity index is 1020. The normalized spacial score (nSPS) is 26.2. The standard InChI is InChI=1S/C25H31N3O2/c1-16-12-21(17(2)28(16)19-8-6-18(14-26)7-9-19)22(29)15-27-20-10-11-23(27)25(30,13-20)24(3,4)5/h6-9,12,20,23,30H,10-11,13,15H2,1-5H3/t20?,23?,25-/m0/s1. The van der Waals surface area contributed by atoms with Gasteiger partial charge in [0.2, 0.25) is 0 Å². The van der Waals surface area contributed by atoms with Crippen molar-refractivity contribution in [3.05, 3.63) is 52.8 Å². The largest absolute Gasteiger partial charge is 0.388 e. The van der Waals surface area contributed by atoms with E-state index in [-0.39, 0.29) is 23.3 Å². The molecule has 3 atom stereocenters. The van der Waals surface area contributed by atoms with E-state index in [1.807, 2.05) is 32.0 Å². The second-order valence-electron chi connectivity index (χ2n) is 10.00. The molecular weight excluding hydrogens is 374 g/mol. The van der Waals surface area contributed by atoms with Gasteiger partial charge in [-0.15, -0.1) is 0 Å². The number of nitrogens with zero attached hydrogens (tertiary/aromatic N) is 3. The average molecular weight is 406 g/mol. The van der Waals surface area contributed by atoms with Crippen molar-refractivity contribution in [2.24, 2.45) is 5.41 Å². The van der Waals surface area contributed by atoms with Gasteiger partial charge in [0, 0.05) is 34.7 Å². The van der Waals surface area contributed by atoms with Crippen molar-refractivity contribution in [1.29, 1.82) is 5.26 Å². The molecular formula is C25H31N3O2. The number of nitriles is 1. The van der Waals surface area contributed by atoms with Gasteiger partial charge in [0.1, 0.15) is 0 Å². The van der Waals surface area contributed by atoms with E-state index in [1.54, 1.807) is 12.1 Å². The van der Waals surface area contributed by atoms with Crippen LogP contribution in [0, 0.1) is 30.6 Å². The van der Waals surface area contributed by atoms with Crippen LogP contribution in [0.25, 0.3) is 5.69 Å². The molecule has 1 aromatic carbocycles. The molecule has 5 nitrogen and oxygen atoms in total. The van der Waals surface area contributed by atoms with E-state index in [2.05, 4.69) is 36.3 Å². The Kier molecular flexibility index (Phi) is 4.91. The van der Waals surface area contributed by atoms with Crippen LogP contribution in [0.2, 0.25) is 0 Å². The van der Waals surface area contributed by atoms with Crippen molar-refractivity contribution >= 4 is 5.78 Å². The lowest BCUT2D eigenvalue weighted by molar-refractivity contribution is -0.0843. The lowest BCUT2D eigenvalue weighted by atomic mass is 9.68. The lowest BCUT2D eigenvalue weighted by Crippen LogP contribution is -2.53. The highest BCUT2D eigenvalue weighted by Gasteiger charge is 2.60. The summed E-state index contributed by atoms with van der Waals surface area (Å²) in [5.41, 5.74) is 3.27. The molecule has 2 bridgehead atoms. The topological polar surface area (TPSA) is 69.3 Å². The van der Waals surface area contributed by atoms with Crippen LogP contribution in [-0.4, -0.2) is 44.6 Å². The molecule has 30 heavy (non-hydrogen) atoms. The van der Waals surface area contributed by atoms with Gasteiger partial charge in [-0.25, -0.2) is 0 Å². The number of aliphatic hydroxyl groups is 1. The Morgan fingerprint density at radius 3 is 2.47 bits per heavy atom.